The van der Waals surface area contributed by atoms with Crippen molar-refractivity contribution in [3.63, 3.8) is 0 Å². The Balaban J connectivity index is 1.93. The van der Waals surface area contributed by atoms with E-state index < -0.39 is 0 Å². The summed E-state index contributed by atoms with van der Waals surface area (Å²) in [5.74, 6) is 0. The molecule has 0 aromatic carbocycles. The van der Waals surface area contributed by atoms with Gasteiger partial charge in [-0.2, -0.15) is 0 Å². The summed E-state index contributed by atoms with van der Waals surface area (Å²) in [7, 11) is 0. The Hall–Kier alpha value is -0.890. The number of aryl methyl sites for hydroxylation is 1. The highest BCUT2D eigenvalue weighted by Gasteiger charge is 2.38. The van der Waals surface area contributed by atoms with Gasteiger partial charge in [0.1, 0.15) is 0 Å². The van der Waals surface area contributed by atoms with Gasteiger partial charge in [-0.15, -0.1) is 0 Å². The van der Waals surface area contributed by atoms with E-state index in [0.717, 1.165) is 12.2 Å². The molecule has 1 aromatic heterocycles. The van der Waals surface area contributed by atoms with Gasteiger partial charge < -0.3 is 5.32 Å². The summed E-state index contributed by atoms with van der Waals surface area (Å²) >= 11 is 0. The molecule has 1 N–H and O–H groups in total. The highest BCUT2D eigenvalue weighted by atomic mass is 14.9. The molecular formula is C17H28N2. The van der Waals surface area contributed by atoms with Crippen LogP contribution < -0.4 is 5.32 Å². The van der Waals surface area contributed by atoms with Gasteiger partial charge in [0.05, 0.1) is 5.69 Å². The Morgan fingerprint density at radius 2 is 1.79 bits per heavy atom. The lowest BCUT2D eigenvalue weighted by Crippen LogP contribution is -2.43. The van der Waals surface area contributed by atoms with Crippen molar-refractivity contribution in [2.24, 2.45) is 10.8 Å². The van der Waals surface area contributed by atoms with Gasteiger partial charge in [0, 0.05) is 18.8 Å². The number of nitrogens with one attached hydrogen (secondary N) is 1. The zero-order chi connectivity index (χ0) is 14.1. The fraction of sp³-hybridized carbons (Fsp3) is 0.706. The number of pyridine rings is 1. The van der Waals surface area contributed by atoms with E-state index in [1.54, 1.807) is 0 Å². The first-order chi connectivity index (χ1) is 8.76. The van der Waals surface area contributed by atoms with E-state index in [1.807, 2.05) is 6.20 Å². The van der Waals surface area contributed by atoms with Gasteiger partial charge in [0.25, 0.3) is 0 Å². The molecule has 1 aromatic rings. The molecule has 0 bridgehead atoms. The monoisotopic (exact) mass is 260 g/mol. The second-order valence-corrected chi connectivity index (χ2v) is 7.82. The molecule has 0 radical (unpaired) electrons. The van der Waals surface area contributed by atoms with Gasteiger partial charge >= 0.3 is 0 Å². The largest absolute Gasteiger partial charge is 0.308 e. The van der Waals surface area contributed by atoms with Crippen LogP contribution in [-0.2, 0) is 6.54 Å². The molecule has 2 rings (SSSR count). The Kier molecular flexibility index (Phi) is 4.00. The van der Waals surface area contributed by atoms with Crippen LogP contribution in [0.1, 0.15) is 58.2 Å². The molecule has 2 heteroatoms. The molecule has 1 saturated carbocycles. The first kappa shape index (κ1) is 14.5. The van der Waals surface area contributed by atoms with Crippen LogP contribution in [0.25, 0.3) is 0 Å². The Labute approximate surface area is 118 Å². The summed E-state index contributed by atoms with van der Waals surface area (Å²) in [6.07, 6.45) is 5.80. The van der Waals surface area contributed by atoms with Crippen molar-refractivity contribution < 1.29 is 0 Å². The van der Waals surface area contributed by atoms with Crippen LogP contribution in [0.2, 0.25) is 0 Å². The molecule has 1 aliphatic carbocycles. The van der Waals surface area contributed by atoms with E-state index in [0.29, 0.717) is 16.9 Å². The van der Waals surface area contributed by atoms with Gasteiger partial charge in [-0.25, -0.2) is 0 Å². The highest BCUT2D eigenvalue weighted by molar-refractivity contribution is 5.12. The topological polar surface area (TPSA) is 24.9 Å². The highest BCUT2D eigenvalue weighted by Crippen LogP contribution is 2.45. The maximum atomic E-state index is 4.47. The summed E-state index contributed by atoms with van der Waals surface area (Å²) in [5.41, 5.74) is 3.26. The summed E-state index contributed by atoms with van der Waals surface area (Å²) < 4.78 is 0. The smallest absolute Gasteiger partial charge is 0.0541 e. The van der Waals surface area contributed by atoms with E-state index >= 15 is 0 Å². The summed E-state index contributed by atoms with van der Waals surface area (Å²) in [6, 6.07) is 4.88. The van der Waals surface area contributed by atoms with Crippen LogP contribution in [0, 0.1) is 17.8 Å². The Bertz CT molecular complexity index is 401. The third kappa shape index (κ3) is 4.31. The van der Waals surface area contributed by atoms with Gasteiger partial charge in [0.2, 0.25) is 0 Å². The third-order valence-electron chi connectivity index (χ3n) is 4.10. The van der Waals surface area contributed by atoms with Crippen LogP contribution >= 0.6 is 0 Å². The van der Waals surface area contributed by atoms with Crippen molar-refractivity contribution in [3.05, 3.63) is 29.6 Å². The molecule has 0 aliphatic heterocycles. The Morgan fingerprint density at radius 1 is 1.16 bits per heavy atom. The predicted molar refractivity (Wildman–Crippen MR) is 81.0 cm³/mol. The van der Waals surface area contributed by atoms with Crippen LogP contribution in [0.15, 0.2) is 18.3 Å². The zero-order valence-electron chi connectivity index (χ0n) is 13.1. The molecule has 0 saturated heterocycles. The van der Waals surface area contributed by atoms with E-state index in [1.165, 1.54) is 24.8 Å². The molecule has 1 fully saturated rings. The van der Waals surface area contributed by atoms with Crippen LogP contribution in [0.3, 0.4) is 0 Å². The van der Waals surface area contributed by atoms with Crippen molar-refractivity contribution >= 4 is 0 Å². The van der Waals surface area contributed by atoms with E-state index in [9.17, 15) is 0 Å². The van der Waals surface area contributed by atoms with E-state index in [4.69, 9.17) is 0 Å². The number of aromatic nitrogens is 1. The molecule has 106 valence electrons. The summed E-state index contributed by atoms with van der Waals surface area (Å²) in [5, 5.41) is 3.71. The number of nitrogens with zero attached hydrogens (tertiary/aromatic N) is 1. The second kappa shape index (κ2) is 5.24. The maximum absolute atomic E-state index is 4.47. The van der Waals surface area contributed by atoms with Crippen molar-refractivity contribution in [2.75, 3.05) is 0 Å². The minimum Gasteiger partial charge on any atom is -0.308 e. The van der Waals surface area contributed by atoms with Gasteiger partial charge in [-0.3, -0.25) is 4.98 Å². The quantitative estimate of drug-likeness (QED) is 0.885. The fourth-order valence-corrected chi connectivity index (χ4v) is 3.84. The van der Waals surface area contributed by atoms with Crippen molar-refractivity contribution in [2.45, 2.75) is 66.5 Å². The lowest BCUT2D eigenvalue weighted by molar-refractivity contribution is 0.0843. The van der Waals surface area contributed by atoms with Crippen molar-refractivity contribution in [3.8, 4) is 0 Å². The molecule has 19 heavy (non-hydrogen) atoms. The maximum Gasteiger partial charge on any atom is 0.0541 e. The van der Waals surface area contributed by atoms with Crippen molar-refractivity contribution in [1.82, 2.24) is 10.3 Å². The minimum absolute atomic E-state index is 0.445. The summed E-state index contributed by atoms with van der Waals surface area (Å²) in [4.78, 5) is 4.47. The Morgan fingerprint density at radius 3 is 2.32 bits per heavy atom. The lowest BCUT2D eigenvalue weighted by Gasteiger charge is -2.45. The minimum atomic E-state index is 0.445. The molecule has 1 heterocycles. The van der Waals surface area contributed by atoms with E-state index in [-0.39, 0.29) is 0 Å². The fourth-order valence-electron chi connectivity index (χ4n) is 3.84. The molecule has 0 amide bonds. The number of rotatable bonds is 3. The molecule has 1 aliphatic rings. The lowest BCUT2D eigenvalue weighted by atomic mass is 9.63. The average Bonchev–Trinajstić information content (AvgIpc) is 2.24. The average molecular weight is 260 g/mol. The first-order valence-corrected chi connectivity index (χ1v) is 7.41. The number of hydrogen-bond acceptors (Lipinski definition) is 2. The van der Waals surface area contributed by atoms with Crippen LogP contribution in [0.4, 0.5) is 0 Å². The molecule has 0 spiro atoms. The third-order valence-corrected chi connectivity index (χ3v) is 4.10. The zero-order valence-corrected chi connectivity index (χ0v) is 13.1. The second-order valence-electron chi connectivity index (χ2n) is 7.82. The first-order valence-electron chi connectivity index (χ1n) is 7.41. The normalized spacial score (nSPS) is 22.4. The molecule has 2 nitrogen and oxygen atoms in total. The van der Waals surface area contributed by atoms with Gasteiger partial charge in [-0.1, -0.05) is 33.8 Å². The van der Waals surface area contributed by atoms with Crippen LogP contribution in [-0.4, -0.2) is 11.0 Å². The summed E-state index contributed by atoms with van der Waals surface area (Å²) in [6.45, 7) is 12.5. The van der Waals surface area contributed by atoms with Crippen LogP contribution in [0.5, 0.6) is 0 Å². The van der Waals surface area contributed by atoms with Gasteiger partial charge in [0.15, 0.2) is 0 Å². The predicted octanol–water partition coefficient (Wildman–Crippen LogP) is 4.08. The number of hydrogen-bond donors (Lipinski definition) is 1. The SMILES string of the molecule is Cc1ccc(CNC2CC(C)(C)CC(C)(C)C2)nc1. The van der Waals surface area contributed by atoms with Crippen molar-refractivity contribution in [1.29, 1.82) is 0 Å². The standard InChI is InChI=1S/C17H28N2/c1-13-6-7-14(18-10-13)11-19-15-8-16(2,3)12-17(4,5)9-15/h6-7,10,15,19H,8-9,11-12H2,1-5H3. The molecular weight excluding hydrogens is 232 g/mol. The van der Waals surface area contributed by atoms with E-state index in [2.05, 4.69) is 57.1 Å². The molecule has 0 atom stereocenters. The molecule has 0 unspecified atom stereocenters. The van der Waals surface area contributed by atoms with Gasteiger partial charge in [-0.05, 0) is 48.6 Å².